The van der Waals surface area contributed by atoms with Crippen molar-refractivity contribution in [3.05, 3.63) is 39.9 Å². The highest BCUT2D eigenvalue weighted by Gasteiger charge is 2.11. The lowest BCUT2D eigenvalue weighted by molar-refractivity contribution is 0.0699. The summed E-state index contributed by atoms with van der Waals surface area (Å²) in [5, 5.41) is 9.02. The van der Waals surface area contributed by atoms with Crippen molar-refractivity contribution in [2.75, 3.05) is 0 Å². The van der Waals surface area contributed by atoms with Crippen LogP contribution in [0.3, 0.4) is 0 Å². The molecule has 2 N–H and O–H groups in total. The highest BCUT2D eigenvalue weighted by Crippen LogP contribution is 2.12. The van der Waals surface area contributed by atoms with Gasteiger partial charge >= 0.3 is 5.97 Å². The Morgan fingerprint density at radius 1 is 1.47 bits per heavy atom. The quantitative estimate of drug-likeness (QED) is 0.723. The van der Waals surface area contributed by atoms with E-state index in [1.54, 1.807) is 19.1 Å². The van der Waals surface area contributed by atoms with Gasteiger partial charge in [0.1, 0.15) is 5.82 Å². The second kappa shape index (κ2) is 3.20. The van der Waals surface area contributed by atoms with Crippen LogP contribution in [0.5, 0.6) is 0 Å². The number of aromatic nitrogens is 2. The summed E-state index contributed by atoms with van der Waals surface area (Å²) in [5.74, 6) is -0.660. The monoisotopic (exact) mass is 204 g/mol. The van der Waals surface area contributed by atoms with Crippen molar-refractivity contribution in [2.45, 2.75) is 6.92 Å². The Bertz CT molecular complexity index is 601. The molecule has 1 heterocycles. The SMILES string of the molecule is Cc1nc2cccc(C(=O)O)c2c(=O)[nH]1. The molecule has 5 nitrogen and oxygen atoms in total. The molecule has 15 heavy (non-hydrogen) atoms. The fraction of sp³-hybridized carbons (Fsp3) is 0.100. The van der Waals surface area contributed by atoms with Crippen LogP contribution in [-0.2, 0) is 0 Å². The zero-order valence-corrected chi connectivity index (χ0v) is 7.94. The number of carbonyl (C=O) groups is 1. The van der Waals surface area contributed by atoms with Gasteiger partial charge in [-0.3, -0.25) is 4.79 Å². The number of hydrogen-bond acceptors (Lipinski definition) is 3. The molecule has 2 rings (SSSR count). The lowest BCUT2D eigenvalue weighted by atomic mass is 10.1. The normalized spacial score (nSPS) is 10.5. The highest BCUT2D eigenvalue weighted by atomic mass is 16.4. The summed E-state index contributed by atoms with van der Waals surface area (Å²) in [7, 11) is 0. The summed E-state index contributed by atoms with van der Waals surface area (Å²) in [6, 6.07) is 4.57. The van der Waals surface area contributed by atoms with Gasteiger partial charge < -0.3 is 10.1 Å². The minimum absolute atomic E-state index is 0.0266. The predicted molar refractivity (Wildman–Crippen MR) is 54.1 cm³/mol. The third kappa shape index (κ3) is 1.48. The zero-order valence-electron chi connectivity index (χ0n) is 7.94. The molecule has 0 amide bonds. The molecular formula is C10H8N2O3. The van der Waals surface area contributed by atoms with Crippen molar-refractivity contribution in [3.8, 4) is 0 Å². The number of benzene rings is 1. The van der Waals surface area contributed by atoms with Crippen LogP contribution in [-0.4, -0.2) is 21.0 Å². The third-order valence-electron chi connectivity index (χ3n) is 2.08. The van der Waals surface area contributed by atoms with Gasteiger partial charge in [-0.05, 0) is 19.1 Å². The van der Waals surface area contributed by atoms with E-state index in [0.717, 1.165) is 0 Å². The number of fused-ring (bicyclic) bond motifs is 1. The van der Waals surface area contributed by atoms with Gasteiger partial charge in [0.15, 0.2) is 0 Å². The largest absolute Gasteiger partial charge is 0.478 e. The zero-order chi connectivity index (χ0) is 11.0. The Hall–Kier alpha value is -2.17. The number of H-pyrrole nitrogens is 1. The highest BCUT2D eigenvalue weighted by molar-refractivity contribution is 6.02. The minimum Gasteiger partial charge on any atom is -0.478 e. The van der Waals surface area contributed by atoms with E-state index < -0.39 is 11.5 Å². The summed E-state index contributed by atoms with van der Waals surface area (Å²) in [4.78, 5) is 29.0. The third-order valence-corrected chi connectivity index (χ3v) is 2.08. The first-order chi connectivity index (χ1) is 7.09. The summed E-state index contributed by atoms with van der Waals surface area (Å²) in [5.41, 5.74) is -0.0482. The second-order valence-corrected chi connectivity index (χ2v) is 3.16. The fourth-order valence-corrected chi connectivity index (χ4v) is 1.49. The van der Waals surface area contributed by atoms with E-state index in [9.17, 15) is 9.59 Å². The van der Waals surface area contributed by atoms with Crippen LogP contribution < -0.4 is 5.56 Å². The lowest BCUT2D eigenvalue weighted by Crippen LogP contribution is -2.13. The van der Waals surface area contributed by atoms with E-state index in [1.165, 1.54) is 6.07 Å². The molecule has 0 unspecified atom stereocenters. The van der Waals surface area contributed by atoms with Crippen molar-refractivity contribution in [2.24, 2.45) is 0 Å². The second-order valence-electron chi connectivity index (χ2n) is 3.16. The van der Waals surface area contributed by atoms with Gasteiger partial charge in [-0.1, -0.05) is 6.07 Å². The Kier molecular flexibility index (Phi) is 2.00. The Labute approximate surface area is 84.4 Å². The van der Waals surface area contributed by atoms with Crippen molar-refractivity contribution >= 4 is 16.9 Å². The van der Waals surface area contributed by atoms with Crippen LogP contribution in [0.4, 0.5) is 0 Å². The molecule has 0 spiro atoms. The van der Waals surface area contributed by atoms with Crippen molar-refractivity contribution in [3.63, 3.8) is 0 Å². The number of aromatic carboxylic acids is 1. The van der Waals surface area contributed by atoms with E-state index >= 15 is 0 Å². The molecule has 0 bridgehead atoms. The van der Waals surface area contributed by atoms with Crippen molar-refractivity contribution < 1.29 is 9.90 Å². The van der Waals surface area contributed by atoms with Gasteiger partial charge in [-0.25, -0.2) is 9.78 Å². The number of nitrogens with zero attached hydrogens (tertiary/aromatic N) is 1. The van der Waals surface area contributed by atoms with E-state index in [-0.39, 0.29) is 10.9 Å². The maximum absolute atomic E-state index is 11.6. The number of aromatic amines is 1. The van der Waals surface area contributed by atoms with Gasteiger partial charge in [0, 0.05) is 0 Å². The van der Waals surface area contributed by atoms with Gasteiger partial charge in [0.05, 0.1) is 16.5 Å². The molecule has 1 aromatic heterocycles. The average molecular weight is 204 g/mol. The molecule has 0 atom stereocenters. The molecule has 0 aliphatic rings. The van der Waals surface area contributed by atoms with E-state index in [2.05, 4.69) is 9.97 Å². The number of aryl methyl sites for hydroxylation is 1. The fourth-order valence-electron chi connectivity index (χ4n) is 1.49. The molecule has 1 aromatic carbocycles. The summed E-state index contributed by atoms with van der Waals surface area (Å²) >= 11 is 0. The topological polar surface area (TPSA) is 83.0 Å². The molecule has 2 aromatic rings. The smallest absolute Gasteiger partial charge is 0.336 e. The van der Waals surface area contributed by atoms with E-state index in [0.29, 0.717) is 11.3 Å². The Morgan fingerprint density at radius 2 is 2.20 bits per heavy atom. The maximum Gasteiger partial charge on any atom is 0.336 e. The Morgan fingerprint density at radius 3 is 2.87 bits per heavy atom. The molecule has 76 valence electrons. The lowest BCUT2D eigenvalue weighted by Gasteiger charge is -2.01. The van der Waals surface area contributed by atoms with Crippen LogP contribution in [0.15, 0.2) is 23.0 Å². The molecule has 0 radical (unpaired) electrons. The first kappa shape index (κ1) is 9.39. The van der Waals surface area contributed by atoms with Gasteiger partial charge in [0.25, 0.3) is 5.56 Å². The van der Waals surface area contributed by atoms with Gasteiger partial charge in [-0.2, -0.15) is 0 Å². The van der Waals surface area contributed by atoms with Crippen LogP contribution in [0.25, 0.3) is 10.9 Å². The maximum atomic E-state index is 11.6. The standard InChI is InChI=1S/C10H8N2O3/c1-5-11-7-4-2-3-6(10(14)15)8(7)9(13)12-5/h2-4H,1H3,(H,14,15)(H,11,12,13). The number of hydrogen-bond donors (Lipinski definition) is 2. The Balaban J connectivity index is 2.98. The molecular weight excluding hydrogens is 196 g/mol. The number of nitrogens with one attached hydrogen (secondary N) is 1. The molecule has 0 aliphatic carbocycles. The minimum atomic E-state index is -1.13. The predicted octanol–water partition coefficient (Wildman–Crippen LogP) is 0.930. The summed E-state index contributed by atoms with van der Waals surface area (Å²) in [6.07, 6.45) is 0. The number of rotatable bonds is 1. The summed E-state index contributed by atoms with van der Waals surface area (Å²) in [6.45, 7) is 1.65. The molecule has 0 saturated carbocycles. The van der Waals surface area contributed by atoms with Gasteiger partial charge in [-0.15, -0.1) is 0 Å². The molecule has 5 heteroatoms. The molecule has 0 saturated heterocycles. The average Bonchev–Trinajstić information content (AvgIpc) is 2.16. The van der Waals surface area contributed by atoms with Crippen LogP contribution in [0.1, 0.15) is 16.2 Å². The number of carboxylic acids is 1. The molecule has 0 fully saturated rings. The first-order valence-electron chi connectivity index (χ1n) is 4.32. The molecule has 0 aliphatic heterocycles. The van der Waals surface area contributed by atoms with E-state index in [1.807, 2.05) is 0 Å². The van der Waals surface area contributed by atoms with Crippen molar-refractivity contribution in [1.82, 2.24) is 9.97 Å². The van der Waals surface area contributed by atoms with E-state index in [4.69, 9.17) is 5.11 Å². The van der Waals surface area contributed by atoms with Crippen LogP contribution >= 0.6 is 0 Å². The first-order valence-corrected chi connectivity index (χ1v) is 4.32. The van der Waals surface area contributed by atoms with Crippen molar-refractivity contribution in [1.29, 1.82) is 0 Å². The van der Waals surface area contributed by atoms with Gasteiger partial charge in [0.2, 0.25) is 0 Å². The van der Waals surface area contributed by atoms with Crippen LogP contribution in [0, 0.1) is 6.92 Å². The summed E-state index contributed by atoms with van der Waals surface area (Å²) < 4.78 is 0. The van der Waals surface area contributed by atoms with Crippen LogP contribution in [0.2, 0.25) is 0 Å². The number of carboxylic acid groups (broad SMARTS) is 1.